The van der Waals surface area contributed by atoms with Gasteiger partial charge in [0.2, 0.25) is 0 Å². The maximum atomic E-state index is 15.9. The van der Waals surface area contributed by atoms with E-state index in [4.69, 9.17) is 10.2 Å². The van der Waals surface area contributed by atoms with Gasteiger partial charge in [-0.2, -0.15) is 5.26 Å². The Bertz CT molecular complexity index is 1400. The fraction of sp³-hybridized carbons (Fsp3) is 0.469. The zero-order chi connectivity index (χ0) is 27.1. The van der Waals surface area contributed by atoms with Gasteiger partial charge in [-0.1, -0.05) is 24.6 Å². The first-order valence-corrected chi connectivity index (χ1v) is 14.2. The summed E-state index contributed by atoms with van der Waals surface area (Å²) in [7, 11) is 2.15. The first kappa shape index (κ1) is 25.8. The molecule has 6 nitrogen and oxygen atoms in total. The van der Waals surface area contributed by atoms with Crippen LogP contribution in [0.15, 0.2) is 36.4 Å². The lowest BCUT2D eigenvalue weighted by molar-refractivity contribution is 0.0421. The Balaban J connectivity index is 1.26. The number of hydrogen-bond acceptors (Lipinski definition) is 4. The maximum absolute atomic E-state index is 15.9. The quantitative estimate of drug-likeness (QED) is 0.477. The summed E-state index contributed by atoms with van der Waals surface area (Å²) in [4.78, 5) is 26.6. The molecule has 3 aliphatic rings. The van der Waals surface area contributed by atoms with Crippen LogP contribution in [0.4, 0.5) is 4.39 Å². The van der Waals surface area contributed by atoms with E-state index in [0.717, 1.165) is 48.6 Å². The molecule has 1 aliphatic carbocycles. The molecule has 3 heterocycles. The molecule has 0 atom stereocenters. The molecule has 0 spiro atoms. The summed E-state index contributed by atoms with van der Waals surface area (Å²) >= 11 is 0. The van der Waals surface area contributed by atoms with Crippen LogP contribution in [-0.4, -0.2) is 58.9 Å². The summed E-state index contributed by atoms with van der Waals surface area (Å²) in [5.74, 6) is 1.35. The Morgan fingerprint density at radius 2 is 1.82 bits per heavy atom. The van der Waals surface area contributed by atoms with Crippen molar-refractivity contribution in [3.8, 4) is 17.5 Å². The monoisotopic (exact) mass is 525 g/mol. The Kier molecular flexibility index (Phi) is 6.76. The third-order valence-electron chi connectivity index (χ3n) is 9.14. The summed E-state index contributed by atoms with van der Waals surface area (Å²) < 4.78 is 15.9. The molecule has 1 amide bonds. The van der Waals surface area contributed by atoms with Crippen LogP contribution in [0.2, 0.25) is 0 Å². The Morgan fingerprint density at radius 3 is 2.49 bits per heavy atom. The molecule has 3 aromatic rings. The minimum absolute atomic E-state index is 0.0365. The molecule has 202 valence electrons. The Hall–Kier alpha value is -3.50. The first-order chi connectivity index (χ1) is 18.8. The Morgan fingerprint density at radius 1 is 1.10 bits per heavy atom. The normalized spacial score (nSPS) is 19.6. The van der Waals surface area contributed by atoms with Crippen LogP contribution in [0, 0.1) is 18.3 Å². The molecular weight excluding hydrogens is 489 g/mol. The number of likely N-dealkylation sites (tertiary alicyclic amines) is 1. The fourth-order valence-electron chi connectivity index (χ4n) is 6.29. The van der Waals surface area contributed by atoms with Gasteiger partial charge < -0.3 is 14.8 Å². The van der Waals surface area contributed by atoms with Crippen molar-refractivity contribution in [3.63, 3.8) is 0 Å². The van der Waals surface area contributed by atoms with Crippen LogP contribution in [0.1, 0.15) is 82.0 Å². The third-order valence-corrected chi connectivity index (χ3v) is 9.14. The number of aryl methyl sites for hydroxylation is 1. The van der Waals surface area contributed by atoms with Crippen molar-refractivity contribution in [3.05, 3.63) is 75.6 Å². The van der Waals surface area contributed by atoms with Gasteiger partial charge in [-0.15, -0.1) is 0 Å². The molecule has 0 radical (unpaired) electrons. The van der Waals surface area contributed by atoms with Crippen LogP contribution in [0.3, 0.4) is 0 Å². The summed E-state index contributed by atoms with van der Waals surface area (Å²) in [5, 5.41) is 9.05. The van der Waals surface area contributed by atoms with Crippen molar-refractivity contribution >= 4 is 5.91 Å². The van der Waals surface area contributed by atoms with Crippen LogP contribution in [-0.2, 0) is 18.5 Å². The lowest BCUT2D eigenvalue weighted by atomic mass is 9.77. The zero-order valence-corrected chi connectivity index (χ0v) is 22.9. The summed E-state index contributed by atoms with van der Waals surface area (Å²) in [6.07, 6.45) is 5.95. The average Bonchev–Trinajstić information content (AvgIpc) is 3.24. The number of nitrogens with zero attached hydrogens (tertiary/aromatic N) is 4. The predicted molar refractivity (Wildman–Crippen MR) is 149 cm³/mol. The number of halogens is 1. The number of imidazole rings is 1. The van der Waals surface area contributed by atoms with Crippen LogP contribution < -0.4 is 0 Å². The standard InChI is InChI=1S/C32H36FN5O/c1-21-18-26(23-4-3-5-23)27(30-35-28-10-14-37(2)15-11-29(28)36-30)19-25(21)31(39)38-16-12-32(33,13-17-38)24-8-6-22(20-34)7-9-24/h6-9,18-19,23H,3-5,10-17H2,1-2H3,(H,35,36). The highest BCUT2D eigenvalue weighted by atomic mass is 19.1. The summed E-state index contributed by atoms with van der Waals surface area (Å²) in [6.45, 7) is 4.74. The molecule has 1 saturated carbocycles. The van der Waals surface area contributed by atoms with E-state index in [1.165, 1.54) is 30.5 Å². The average molecular weight is 526 g/mol. The molecular formula is C32H36FN5O. The fourth-order valence-corrected chi connectivity index (χ4v) is 6.29. The van der Waals surface area contributed by atoms with Crippen molar-refractivity contribution in [1.29, 1.82) is 5.26 Å². The number of aromatic amines is 1. The predicted octanol–water partition coefficient (Wildman–Crippen LogP) is 5.66. The number of nitrogens with one attached hydrogen (secondary N) is 1. The smallest absolute Gasteiger partial charge is 0.254 e. The molecule has 39 heavy (non-hydrogen) atoms. The minimum Gasteiger partial charge on any atom is -0.342 e. The third kappa shape index (κ3) is 4.87. The van der Waals surface area contributed by atoms with Crippen molar-refractivity contribution in [2.45, 2.75) is 63.5 Å². The van der Waals surface area contributed by atoms with Crippen molar-refractivity contribution in [2.75, 3.05) is 33.2 Å². The van der Waals surface area contributed by atoms with Gasteiger partial charge in [0.15, 0.2) is 0 Å². The molecule has 6 rings (SSSR count). The van der Waals surface area contributed by atoms with E-state index >= 15 is 4.39 Å². The van der Waals surface area contributed by atoms with E-state index in [1.54, 1.807) is 29.2 Å². The van der Waals surface area contributed by atoms with E-state index in [2.05, 4.69) is 29.1 Å². The molecule has 2 aliphatic heterocycles. The number of fused-ring (bicyclic) bond motifs is 1. The van der Waals surface area contributed by atoms with Gasteiger partial charge in [0.1, 0.15) is 11.5 Å². The van der Waals surface area contributed by atoms with Gasteiger partial charge in [-0.3, -0.25) is 4.79 Å². The second-order valence-corrected chi connectivity index (χ2v) is 11.6. The number of likely N-dealkylation sites (N-methyl/N-ethyl adjacent to an activating group) is 1. The van der Waals surface area contributed by atoms with E-state index in [9.17, 15) is 4.79 Å². The number of hydrogen-bond donors (Lipinski definition) is 1. The second kappa shape index (κ2) is 10.2. The Labute approximate surface area is 229 Å². The lowest BCUT2D eigenvalue weighted by Gasteiger charge is -2.37. The number of H-pyrrole nitrogens is 1. The number of piperidine rings is 1. The van der Waals surface area contributed by atoms with Crippen molar-refractivity contribution < 1.29 is 9.18 Å². The van der Waals surface area contributed by atoms with Crippen molar-refractivity contribution in [1.82, 2.24) is 19.8 Å². The molecule has 0 bridgehead atoms. The molecule has 1 aromatic heterocycles. The van der Waals surface area contributed by atoms with Gasteiger partial charge in [-0.25, -0.2) is 9.37 Å². The summed E-state index contributed by atoms with van der Waals surface area (Å²) in [6, 6.07) is 13.1. The number of aromatic nitrogens is 2. The minimum atomic E-state index is -1.49. The highest BCUT2D eigenvalue weighted by molar-refractivity contribution is 5.97. The number of alkyl halides is 1. The van der Waals surface area contributed by atoms with Crippen LogP contribution in [0.25, 0.3) is 11.4 Å². The van der Waals surface area contributed by atoms with E-state index in [1.807, 2.05) is 13.0 Å². The van der Waals surface area contributed by atoms with Gasteiger partial charge in [0.25, 0.3) is 5.91 Å². The van der Waals surface area contributed by atoms with Crippen LogP contribution >= 0.6 is 0 Å². The molecule has 7 heteroatoms. The number of rotatable bonds is 4. The molecule has 1 N–H and O–H groups in total. The van der Waals surface area contributed by atoms with Gasteiger partial charge >= 0.3 is 0 Å². The number of amides is 1. The van der Waals surface area contributed by atoms with E-state index in [0.29, 0.717) is 35.7 Å². The number of carbonyl (C=O) groups excluding carboxylic acids is 1. The van der Waals surface area contributed by atoms with Crippen molar-refractivity contribution in [2.24, 2.45) is 0 Å². The maximum Gasteiger partial charge on any atom is 0.254 e. The SMILES string of the molecule is Cc1cc(C2CCC2)c(-c2nc3c([nH]2)CCN(C)CC3)cc1C(=O)N1CCC(F)(c2ccc(C#N)cc2)CC1. The molecule has 2 aromatic carbocycles. The highest BCUT2D eigenvalue weighted by Gasteiger charge is 2.38. The summed E-state index contributed by atoms with van der Waals surface area (Å²) in [5.41, 5.74) is 5.96. The molecule has 1 saturated heterocycles. The van der Waals surface area contributed by atoms with Gasteiger partial charge in [0, 0.05) is 68.7 Å². The van der Waals surface area contributed by atoms with Gasteiger partial charge in [-0.05, 0) is 67.6 Å². The number of benzene rings is 2. The van der Waals surface area contributed by atoms with Crippen LogP contribution in [0.5, 0.6) is 0 Å². The molecule has 0 unspecified atom stereocenters. The second-order valence-electron chi connectivity index (χ2n) is 11.6. The van der Waals surface area contributed by atoms with E-state index < -0.39 is 5.67 Å². The lowest BCUT2D eigenvalue weighted by Crippen LogP contribution is -2.43. The molecule has 2 fully saturated rings. The zero-order valence-electron chi connectivity index (χ0n) is 22.9. The highest BCUT2D eigenvalue weighted by Crippen LogP contribution is 2.43. The van der Waals surface area contributed by atoms with E-state index in [-0.39, 0.29) is 18.7 Å². The topological polar surface area (TPSA) is 76.0 Å². The number of nitriles is 1. The van der Waals surface area contributed by atoms with Gasteiger partial charge in [0.05, 0.1) is 17.3 Å². The first-order valence-electron chi connectivity index (χ1n) is 14.2. The number of carbonyl (C=O) groups is 1. The largest absolute Gasteiger partial charge is 0.342 e.